The maximum atomic E-state index is 14.9. The Kier molecular flexibility index (Phi) is 10.5. The van der Waals surface area contributed by atoms with Crippen molar-refractivity contribution in [3.8, 4) is 22.8 Å². The highest BCUT2D eigenvalue weighted by atomic mass is 16.5. The molecule has 1 aromatic heterocycles. The van der Waals surface area contributed by atoms with E-state index in [-0.39, 0.29) is 30.2 Å². The number of phenolic OH excluding ortho intramolecular Hbond substituents is 1. The van der Waals surface area contributed by atoms with Crippen molar-refractivity contribution < 1.29 is 24.2 Å². The Morgan fingerprint density at radius 3 is 2.41 bits per heavy atom. The molecule has 2 amide bonds. The summed E-state index contributed by atoms with van der Waals surface area (Å²) in [7, 11) is 3.51. The lowest BCUT2D eigenvalue weighted by Gasteiger charge is -2.40. The van der Waals surface area contributed by atoms with E-state index in [0.29, 0.717) is 59.2 Å². The predicted molar refractivity (Wildman–Crippen MR) is 209 cm³/mol. The van der Waals surface area contributed by atoms with Crippen LogP contribution in [0.15, 0.2) is 91.0 Å². The van der Waals surface area contributed by atoms with E-state index in [1.165, 1.54) is 5.56 Å². The highest BCUT2D eigenvalue weighted by Crippen LogP contribution is 2.36. The van der Waals surface area contributed by atoms with Crippen LogP contribution in [0.2, 0.25) is 0 Å². The molecule has 3 heterocycles. The Morgan fingerprint density at radius 1 is 0.944 bits per heavy atom. The van der Waals surface area contributed by atoms with Gasteiger partial charge in [0.15, 0.2) is 5.69 Å². The highest BCUT2D eigenvalue weighted by molar-refractivity contribution is 6.08. The molecular formula is C44H45N5O5. The third-order valence-corrected chi connectivity index (χ3v) is 10.9. The summed E-state index contributed by atoms with van der Waals surface area (Å²) in [5.41, 5.74) is 8.17. The van der Waals surface area contributed by atoms with Crippen LogP contribution in [-0.4, -0.2) is 77.3 Å². The fraction of sp³-hybridized carbons (Fsp3) is 0.295. The first-order valence-corrected chi connectivity index (χ1v) is 18.3. The quantitative estimate of drug-likeness (QED) is 0.160. The molecule has 1 N–H and O–H groups in total. The summed E-state index contributed by atoms with van der Waals surface area (Å²) in [6, 6.07) is 27.7. The number of nitrogens with zero attached hydrogens (tertiary/aromatic N) is 5. The average molecular weight is 724 g/mol. The minimum atomic E-state index is -0.241. The number of amides is 2. The highest BCUT2D eigenvalue weighted by Gasteiger charge is 2.34. The van der Waals surface area contributed by atoms with E-state index >= 15 is 0 Å². The van der Waals surface area contributed by atoms with Gasteiger partial charge in [0.1, 0.15) is 11.5 Å². The zero-order valence-electron chi connectivity index (χ0n) is 31.2. The molecular weight excluding hydrogens is 679 g/mol. The second kappa shape index (κ2) is 15.6. The van der Waals surface area contributed by atoms with Gasteiger partial charge in [-0.1, -0.05) is 48.5 Å². The number of ether oxygens (including phenoxy) is 2. The third-order valence-electron chi connectivity index (χ3n) is 10.9. The number of phenols is 1. The van der Waals surface area contributed by atoms with Crippen LogP contribution in [0.1, 0.15) is 48.7 Å². The fourth-order valence-electron chi connectivity index (χ4n) is 7.68. The maximum Gasteiger partial charge on any atom is 0.260 e. The summed E-state index contributed by atoms with van der Waals surface area (Å²) < 4.78 is 13.1. The van der Waals surface area contributed by atoms with Crippen molar-refractivity contribution in [3.05, 3.63) is 141 Å². The number of carbonyl (C=O) groups excluding carboxylic acids is 2. The van der Waals surface area contributed by atoms with E-state index in [4.69, 9.17) is 16.0 Å². The molecule has 7 rings (SSSR count). The number of fused-ring (bicyclic) bond motifs is 1. The molecule has 276 valence electrons. The van der Waals surface area contributed by atoms with Crippen LogP contribution in [0.3, 0.4) is 0 Å². The monoisotopic (exact) mass is 723 g/mol. The van der Waals surface area contributed by atoms with Gasteiger partial charge in [-0.25, -0.2) is 4.85 Å². The molecule has 0 aliphatic carbocycles. The van der Waals surface area contributed by atoms with Gasteiger partial charge in [-0.2, -0.15) is 0 Å². The number of methoxy groups -OCH3 is 1. The van der Waals surface area contributed by atoms with Gasteiger partial charge in [0.25, 0.3) is 11.8 Å². The largest absolute Gasteiger partial charge is 0.508 e. The van der Waals surface area contributed by atoms with Crippen molar-refractivity contribution in [2.24, 2.45) is 7.05 Å². The lowest BCUT2D eigenvalue weighted by Crippen LogP contribution is -2.52. The average Bonchev–Trinajstić information content (AvgIpc) is 3.50. The van der Waals surface area contributed by atoms with E-state index in [1.54, 1.807) is 54.5 Å². The van der Waals surface area contributed by atoms with Gasteiger partial charge in [-0.05, 0) is 85.0 Å². The molecule has 0 radical (unpaired) electrons. The summed E-state index contributed by atoms with van der Waals surface area (Å²) in [5, 5.41) is 10.1. The minimum absolute atomic E-state index is 0.0508. The maximum absolute atomic E-state index is 14.9. The second-order valence-electron chi connectivity index (χ2n) is 14.1. The smallest absolute Gasteiger partial charge is 0.260 e. The molecule has 0 saturated carbocycles. The lowest BCUT2D eigenvalue weighted by atomic mass is 9.92. The Labute approximate surface area is 316 Å². The van der Waals surface area contributed by atoms with E-state index < -0.39 is 0 Å². The number of anilines is 1. The number of hydrogen-bond acceptors (Lipinski definition) is 6. The first-order valence-electron chi connectivity index (χ1n) is 18.3. The number of rotatable bonds is 9. The molecule has 5 aromatic rings. The van der Waals surface area contributed by atoms with Crippen molar-refractivity contribution in [2.75, 3.05) is 44.9 Å². The van der Waals surface area contributed by atoms with Gasteiger partial charge in [-0.3, -0.25) is 14.5 Å². The zero-order chi connectivity index (χ0) is 37.9. The molecule has 10 heteroatoms. The Bertz CT molecular complexity index is 2230. The van der Waals surface area contributed by atoms with Crippen molar-refractivity contribution in [2.45, 2.75) is 39.4 Å². The molecule has 0 unspecified atom stereocenters. The molecule has 54 heavy (non-hydrogen) atoms. The van der Waals surface area contributed by atoms with Crippen LogP contribution in [0.4, 0.5) is 11.4 Å². The molecule has 0 spiro atoms. The van der Waals surface area contributed by atoms with Gasteiger partial charge >= 0.3 is 0 Å². The van der Waals surface area contributed by atoms with Crippen LogP contribution in [0.5, 0.6) is 11.5 Å². The molecule has 0 bridgehead atoms. The number of morpholine rings is 1. The van der Waals surface area contributed by atoms with Crippen LogP contribution in [0.25, 0.3) is 16.1 Å². The van der Waals surface area contributed by atoms with Crippen LogP contribution in [-0.2, 0) is 31.3 Å². The minimum Gasteiger partial charge on any atom is -0.508 e. The lowest BCUT2D eigenvalue weighted by molar-refractivity contribution is 0.0193. The number of aromatic nitrogens is 1. The van der Waals surface area contributed by atoms with E-state index in [0.717, 1.165) is 48.5 Å². The van der Waals surface area contributed by atoms with Gasteiger partial charge in [0.2, 0.25) is 0 Å². The Morgan fingerprint density at radius 2 is 1.69 bits per heavy atom. The van der Waals surface area contributed by atoms with Gasteiger partial charge in [-0.15, -0.1) is 0 Å². The molecule has 1 saturated heterocycles. The number of aromatic hydroxyl groups is 1. The van der Waals surface area contributed by atoms with Crippen LogP contribution in [0, 0.1) is 20.4 Å². The molecule has 2 aliphatic heterocycles. The van der Waals surface area contributed by atoms with Crippen molar-refractivity contribution in [1.29, 1.82) is 0 Å². The van der Waals surface area contributed by atoms with Crippen molar-refractivity contribution in [3.63, 3.8) is 0 Å². The number of carbonyl (C=O) groups is 2. The SMILES string of the molecule is [C-]#[N+]c1ccc(C(=O)N2Cc3ccccc3C[C@H]2CN2CCOCC2)c(-c2cc(C(=O)N(Cc3cccc(OC)c3C)c3ccc(O)cc3)c(C)n2C)c1. The van der Waals surface area contributed by atoms with E-state index in [1.807, 2.05) is 60.7 Å². The molecule has 1 atom stereocenters. The summed E-state index contributed by atoms with van der Waals surface area (Å²) in [6.07, 6.45) is 0.747. The Hall–Kier alpha value is -5.89. The van der Waals surface area contributed by atoms with Crippen LogP contribution >= 0.6 is 0 Å². The van der Waals surface area contributed by atoms with Crippen molar-refractivity contribution in [1.82, 2.24) is 14.4 Å². The Balaban J connectivity index is 1.28. The molecule has 2 aliphatic rings. The predicted octanol–water partition coefficient (Wildman–Crippen LogP) is 7.32. The van der Waals surface area contributed by atoms with E-state index in [2.05, 4.69) is 27.9 Å². The second-order valence-corrected chi connectivity index (χ2v) is 14.1. The first-order chi connectivity index (χ1) is 26.2. The summed E-state index contributed by atoms with van der Waals surface area (Å²) in [6.45, 7) is 16.2. The summed E-state index contributed by atoms with van der Waals surface area (Å²) in [4.78, 5) is 39.4. The van der Waals surface area contributed by atoms with Crippen molar-refractivity contribution >= 4 is 23.2 Å². The topological polar surface area (TPSA) is 91.8 Å². The van der Waals surface area contributed by atoms with Crippen LogP contribution < -0.4 is 9.64 Å². The standard InChI is InChI=1S/C44H45N5O5/c1-29-32(11-8-12-42(29)53-5)26-48(35-14-16-37(50)17-15-35)44(52)39-25-41(46(4)30(39)2)40-24-34(45-3)13-18-38(40)43(51)49-27-33-10-7-6-9-31(33)23-36(49)28-47-19-21-54-22-20-47/h6-18,24-25,36,50H,19-23,26-28H2,1-2,4-5H3/t36-/m0/s1. The molecule has 10 nitrogen and oxygen atoms in total. The third kappa shape index (κ3) is 7.21. The van der Waals surface area contributed by atoms with Gasteiger partial charge in [0.05, 0.1) is 39.0 Å². The number of hydrogen-bond donors (Lipinski definition) is 1. The normalized spacial score (nSPS) is 15.7. The number of benzene rings is 4. The summed E-state index contributed by atoms with van der Waals surface area (Å²) in [5.74, 6) is 0.475. The molecule has 4 aromatic carbocycles. The molecule has 1 fully saturated rings. The summed E-state index contributed by atoms with van der Waals surface area (Å²) >= 11 is 0. The first kappa shape index (κ1) is 36.5. The van der Waals surface area contributed by atoms with Gasteiger partial charge < -0.3 is 28.9 Å². The zero-order valence-corrected chi connectivity index (χ0v) is 31.2. The van der Waals surface area contributed by atoms with Gasteiger partial charge in [0, 0.05) is 67.5 Å². The fourth-order valence-corrected chi connectivity index (χ4v) is 7.68. The van der Waals surface area contributed by atoms with E-state index in [9.17, 15) is 14.7 Å².